The SMILES string of the molecule is CCC[C@@H](C)C(=O)Nc1nc2c(s1)CCCC2. The molecule has 94 valence electrons. The lowest BCUT2D eigenvalue weighted by atomic mass is 10.0. The summed E-state index contributed by atoms with van der Waals surface area (Å²) in [5.41, 5.74) is 1.21. The van der Waals surface area contributed by atoms with Gasteiger partial charge in [-0.25, -0.2) is 4.98 Å². The van der Waals surface area contributed by atoms with Crippen molar-refractivity contribution in [2.75, 3.05) is 5.32 Å². The number of carbonyl (C=O) groups is 1. The van der Waals surface area contributed by atoms with Gasteiger partial charge in [0.2, 0.25) is 5.91 Å². The third-order valence-electron chi connectivity index (χ3n) is 3.25. The maximum absolute atomic E-state index is 11.9. The van der Waals surface area contributed by atoms with Gasteiger partial charge in [0, 0.05) is 10.8 Å². The number of thiazole rings is 1. The minimum atomic E-state index is 0.0842. The lowest BCUT2D eigenvalue weighted by Gasteiger charge is -2.08. The molecule has 0 aliphatic heterocycles. The van der Waals surface area contributed by atoms with Gasteiger partial charge in [0.15, 0.2) is 5.13 Å². The van der Waals surface area contributed by atoms with E-state index in [9.17, 15) is 4.79 Å². The third-order valence-corrected chi connectivity index (χ3v) is 4.32. The predicted octanol–water partition coefficient (Wildman–Crippen LogP) is 3.40. The first kappa shape index (κ1) is 12.6. The molecule has 1 amide bonds. The number of aromatic nitrogens is 1. The van der Waals surface area contributed by atoms with E-state index in [2.05, 4.69) is 17.2 Å². The fourth-order valence-electron chi connectivity index (χ4n) is 2.20. The Hall–Kier alpha value is -0.900. The number of hydrogen-bond acceptors (Lipinski definition) is 3. The largest absolute Gasteiger partial charge is 0.302 e. The van der Waals surface area contributed by atoms with E-state index in [1.165, 1.54) is 23.4 Å². The van der Waals surface area contributed by atoms with Crippen LogP contribution in [0.5, 0.6) is 0 Å². The first-order valence-corrected chi connectivity index (χ1v) is 7.31. The topological polar surface area (TPSA) is 42.0 Å². The highest BCUT2D eigenvalue weighted by molar-refractivity contribution is 7.15. The maximum atomic E-state index is 11.9. The van der Waals surface area contributed by atoms with Crippen LogP contribution in [0.1, 0.15) is 50.1 Å². The van der Waals surface area contributed by atoms with E-state index < -0.39 is 0 Å². The zero-order valence-corrected chi connectivity index (χ0v) is 11.4. The van der Waals surface area contributed by atoms with E-state index in [4.69, 9.17) is 0 Å². The van der Waals surface area contributed by atoms with Crippen LogP contribution in [0.25, 0.3) is 0 Å². The molecule has 17 heavy (non-hydrogen) atoms. The molecule has 0 bridgehead atoms. The molecule has 1 heterocycles. The molecule has 0 radical (unpaired) electrons. The number of aryl methyl sites for hydroxylation is 2. The van der Waals surface area contributed by atoms with Crippen LogP contribution in [0.4, 0.5) is 5.13 Å². The Morgan fingerprint density at radius 2 is 2.24 bits per heavy atom. The molecule has 2 rings (SSSR count). The Kier molecular flexibility index (Phi) is 4.15. The van der Waals surface area contributed by atoms with Crippen LogP contribution in [-0.4, -0.2) is 10.9 Å². The van der Waals surface area contributed by atoms with Gasteiger partial charge in [0.1, 0.15) is 0 Å². The molecule has 0 saturated carbocycles. The average Bonchev–Trinajstić information content (AvgIpc) is 2.71. The maximum Gasteiger partial charge on any atom is 0.228 e. The van der Waals surface area contributed by atoms with Crippen molar-refractivity contribution in [2.24, 2.45) is 5.92 Å². The summed E-state index contributed by atoms with van der Waals surface area (Å²) < 4.78 is 0. The monoisotopic (exact) mass is 252 g/mol. The standard InChI is InChI=1S/C13H20N2OS/c1-3-6-9(2)12(16)15-13-14-10-7-4-5-8-11(10)17-13/h9H,3-8H2,1-2H3,(H,14,15,16)/t9-/m1/s1. The van der Waals surface area contributed by atoms with Crippen LogP contribution in [0, 0.1) is 5.92 Å². The summed E-state index contributed by atoms with van der Waals surface area (Å²) in [7, 11) is 0. The van der Waals surface area contributed by atoms with E-state index in [1.807, 2.05) is 6.92 Å². The van der Waals surface area contributed by atoms with E-state index >= 15 is 0 Å². The second-order valence-electron chi connectivity index (χ2n) is 4.77. The van der Waals surface area contributed by atoms with Gasteiger partial charge in [-0.15, -0.1) is 11.3 Å². The summed E-state index contributed by atoms with van der Waals surface area (Å²) in [6.07, 6.45) is 6.69. The molecule has 1 aliphatic carbocycles. The van der Waals surface area contributed by atoms with Gasteiger partial charge in [-0.2, -0.15) is 0 Å². The fourth-order valence-corrected chi connectivity index (χ4v) is 3.25. The normalized spacial score (nSPS) is 16.4. The van der Waals surface area contributed by atoms with E-state index in [-0.39, 0.29) is 11.8 Å². The van der Waals surface area contributed by atoms with E-state index in [0.717, 1.165) is 30.8 Å². The number of anilines is 1. The average molecular weight is 252 g/mol. The number of nitrogens with one attached hydrogen (secondary N) is 1. The van der Waals surface area contributed by atoms with Gasteiger partial charge in [-0.3, -0.25) is 4.79 Å². The molecule has 1 N–H and O–H groups in total. The van der Waals surface area contributed by atoms with Crippen molar-refractivity contribution in [2.45, 2.75) is 52.4 Å². The fraction of sp³-hybridized carbons (Fsp3) is 0.692. The Bertz CT molecular complexity index is 377. The summed E-state index contributed by atoms with van der Waals surface area (Å²) in [5.74, 6) is 0.193. The molecular formula is C13H20N2OS. The number of amides is 1. The van der Waals surface area contributed by atoms with Crippen molar-refractivity contribution >= 4 is 22.4 Å². The summed E-state index contributed by atoms with van der Waals surface area (Å²) >= 11 is 1.66. The zero-order valence-electron chi connectivity index (χ0n) is 10.6. The van der Waals surface area contributed by atoms with Crippen LogP contribution in [-0.2, 0) is 17.6 Å². The van der Waals surface area contributed by atoms with Gasteiger partial charge in [0.05, 0.1) is 5.69 Å². The van der Waals surface area contributed by atoms with Crippen molar-refractivity contribution in [3.63, 3.8) is 0 Å². The number of rotatable bonds is 4. The van der Waals surface area contributed by atoms with Crippen LogP contribution in [0.15, 0.2) is 0 Å². The van der Waals surface area contributed by atoms with E-state index in [1.54, 1.807) is 11.3 Å². The van der Waals surface area contributed by atoms with Crippen molar-refractivity contribution in [1.29, 1.82) is 0 Å². The van der Waals surface area contributed by atoms with Gasteiger partial charge in [-0.05, 0) is 32.1 Å². The molecule has 3 nitrogen and oxygen atoms in total. The van der Waals surface area contributed by atoms with Crippen molar-refractivity contribution in [1.82, 2.24) is 4.98 Å². The molecule has 0 aromatic carbocycles. The summed E-state index contributed by atoms with van der Waals surface area (Å²) in [6.45, 7) is 4.08. The number of carbonyl (C=O) groups excluding carboxylic acids is 1. The molecule has 0 unspecified atom stereocenters. The Morgan fingerprint density at radius 1 is 1.47 bits per heavy atom. The lowest BCUT2D eigenvalue weighted by molar-refractivity contribution is -0.119. The molecule has 4 heteroatoms. The molecule has 1 aromatic rings. The first-order valence-electron chi connectivity index (χ1n) is 6.50. The highest BCUT2D eigenvalue weighted by atomic mass is 32.1. The number of hydrogen-bond donors (Lipinski definition) is 1. The summed E-state index contributed by atoms with van der Waals surface area (Å²) in [5, 5.41) is 3.75. The van der Waals surface area contributed by atoms with Crippen molar-refractivity contribution < 1.29 is 4.79 Å². The van der Waals surface area contributed by atoms with Gasteiger partial charge in [-0.1, -0.05) is 20.3 Å². The van der Waals surface area contributed by atoms with Crippen LogP contribution in [0.3, 0.4) is 0 Å². The van der Waals surface area contributed by atoms with Gasteiger partial charge >= 0.3 is 0 Å². The molecule has 1 aromatic heterocycles. The molecule has 0 spiro atoms. The van der Waals surface area contributed by atoms with Crippen molar-refractivity contribution in [3.8, 4) is 0 Å². The summed E-state index contributed by atoms with van der Waals surface area (Å²) in [4.78, 5) is 17.8. The second kappa shape index (κ2) is 5.63. The minimum absolute atomic E-state index is 0.0842. The molecular weight excluding hydrogens is 232 g/mol. The van der Waals surface area contributed by atoms with Crippen LogP contribution in [0.2, 0.25) is 0 Å². The van der Waals surface area contributed by atoms with Crippen molar-refractivity contribution in [3.05, 3.63) is 10.6 Å². The Morgan fingerprint density at radius 3 is 2.94 bits per heavy atom. The molecule has 1 aliphatic rings. The second-order valence-corrected chi connectivity index (χ2v) is 5.86. The molecule has 0 saturated heterocycles. The van der Waals surface area contributed by atoms with E-state index in [0.29, 0.717) is 0 Å². The molecule has 0 fully saturated rings. The highest BCUT2D eigenvalue weighted by Crippen LogP contribution is 2.29. The van der Waals surface area contributed by atoms with Gasteiger partial charge < -0.3 is 5.32 Å². The zero-order chi connectivity index (χ0) is 12.3. The Labute approximate surface area is 107 Å². The third kappa shape index (κ3) is 3.06. The smallest absolute Gasteiger partial charge is 0.228 e. The lowest BCUT2D eigenvalue weighted by Crippen LogP contribution is -2.20. The minimum Gasteiger partial charge on any atom is -0.302 e. The molecule has 1 atom stereocenters. The van der Waals surface area contributed by atoms with Crippen LogP contribution >= 0.6 is 11.3 Å². The quantitative estimate of drug-likeness (QED) is 0.892. The number of fused-ring (bicyclic) bond motifs is 1. The van der Waals surface area contributed by atoms with Crippen LogP contribution < -0.4 is 5.32 Å². The van der Waals surface area contributed by atoms with Gasteiger partial charge in [0.25, 0.3) is 0 Å². The number of nitrogens with zero attached hydrogens (tertiary/aromatic N) is 1. The Balaban J connectivity index is 1.99. The summed E-state index contributed by atoms with van der Waals surface area (Å²) in [6, 6.07) is 0. The predicted molar refractivity (Wildman–Crippen MR) is 71.5 cm³/mol. The highest BCUT2D eigenvalue weighted by Gasteiger charge is 2.18. The first-order chi connectivity index (χ1) is 8.20.